The van der Waals surface area contributed by atoms with Crippen LogP contribution in [0.5, 0.6) is 0 Å². The molecule has 1 aliphatic carbocycles. The molecule has 0 unspecified atom stereocenters. The zero-order valence-corrected chi connectivity index (χ0v) is 14.1. The Hall–Kier alpha value is -2.57. The third kappa shape index (κ3) is 6.28. The van der Waals surface area contributed by atoms with Crippen LogP contribution in [0.15, 0.2) is 24.3 Å². The van der Waals surface area contributed by atoms with Gasteiger partial charge in [-0.25, -0.2) is 4.79 Å². The summed E-state index contributed by atoms with van der Waals surface area (Å²) in [5.41, 5.74) is 0.554. The van der Waals surface area contributed by atoms with Crippen molar-refractivity contribution in [2.24, 2.45) is 5.92 Å². The van der Waals surface area contributed by atoms with Gasteiger partial charge in [0.2, 0.25) is 11.8 Å². The average Bonchev–Trinajstić information content (AvgIpc) is 3.28. The van der Waals surface area contributed by atoms with Crippen LogP contribution in [0.2, 0.25) is 0 Å². The number of ether oxygens (including phenoxy) is 1. The molecule has 0 saturated heterocycles. The monoisotopic (exact) mass is 333 g/mol. The Morgan fingerprint density at radius 1 is 1.12 bits per heavy atom. The van der Waals surface area contributed by atoms with Crippen LogP contribution in [0.4, 0.5) is 16.2 Å². The fraction of sp³-hybridized carbons (Fsp3) is 0.471. The lowest BCUT2D eigenvalue weighted by atomic mass is 10.2. The highest BCUT2D eigenvalue weighted by atomic mass is 16.6. The first-order valence-electron chi connectivity index (χ1n) is 7.90. The maximum Gasteiger partial charge on any atom is 0.408 e. The van der Waals surface area contributed by atoms with Crippen LogP contribution in [-0.2, 0) is 14.3 Å². The van der Waals surface area contributed by atoms with Crippen LogP contribution in [0, 0.1) is 5.92 Å². The van der Waals surface area contributed by atoms with Gasteiger partial charge in [0.25, 0.3) is 0 Å². The van der Waals surface area contributed by atoms with Crippen LogP contribution >= 0.6 is 0 Å². The number of nitrogens with one attached hydrogen (secondary N) is 3. The molecule has 0 aromatic heterocycles. The van der Waals surface area contributed by atoms with E-state index in [1.807, 2.05) is 0 Å². The van der Waals surface area contributed by atoms with E-state index < -0.39 is 11.7 Å². The summed E-state index contributed by atoms with van der Waals surface area (Å²) in [6.45, 7) is 5.03. The Morgan fingerprint density at radius 2 is 1.75 bits per heavy atom. The lowest BCUT2D eigenvalue weighted by molar-refractivity contribution is -0.117. The molecule has 1 aromatic carbocycles. The number of carbonyl (C=O) groups excluding carboxylic acids is 3. The molecule has 0 bridgehead atoms. The summed E-state index contributed by atoms with van der Waals surface area (Å²) in [7, 11) is 0. The summed E-state index contributed by atoms with van der Waals surface area (Å²) in [4.78, 5) is 35.1. The number of carbonyl (C=O) groups is 3. The number of hydrogen-bond acceptors (Lipinski definition) is 4. The Bertz CT molecular complexity index is 633. The first-order valence-corrected chi connectivity index (χ1v) is 7.90. The summed E-state index contributed by atoms with van der Waals surface area (Å²) in [5.74, 6) is -0.266. The molecule has 24 heavy (non-hydrogen) atoms. The highest BCUT2D eigenvalue weighted by Gasteiger charge is 2.29. The maximum absolute atomic E-state index is 11.9. The van der Waals surface area contributed by atoms with Gasteiger partial charge in [0.15, 0.2) is 0 Å². The molecule has 130 valence electrons. The highest BCUT2D eigenvalue weighted by Crippen LogP contribution is 2.30. The predicted molar refractivity (Wildman–Crippen MR) is 90.7 cm³/mol. The standard InChI is InChI=1S/C17H23N3O4/c1-17(2,3)24-16(23)18-10-14(21)19-12-5-4-6-13(9-12)20-15(22)11-7-8-11/h4-6,9,11H,7-8,10H2,1-3H3,(H,18,23)(H,19,21)(H,20,22). The van der Waals surface area contributed by atoms with Crippen molar-refractivity contribution in [1.29, 1.82) is 0 Å². The van der Waals surface area contributed by atoms with Gasteiger partial charge in [0.1, 0.15) is 12.1 Å². The fourth-order valence-corrected chi connectivity index (χ4v) is 1.94. The van der Waals surface area contributed by atoms with Crippen molar-refractivity contribution in [3.05, 3.63) is 24.3 Å². The Kier molecular flexibility index (Phi) is 5.43. The second-order valence-electron chi connectivity index (χ2n) is 6.75. The molecule has 3 amide bonds. The predicted octanol–water partition coefficient (Wildman–Crippen LogP) is 2.50. The normalized spacial score (nSPS) is 13.8. The molecule has 0 heterocycles. The minimum absolute atomic E-state index is 0.00469. The van der Waals surface area contributed by atoms with Crippen molar-refractivity contribution in [2.45, 2.75) is 39.2 Å². The average molecular weight is 333 g/mol. The van der Waals surface area contributed by atoms with E-state index >= 15 is 0 Å². The SMILES string of the molecule is CC(C)(C)OC(=O)NCC(=O)Nc1cccc(NC(=O)C2CC2)c1. The summed E-state index contributed by atoms with van der Waals surface area (Å²) < 4.78 is 5.05. The molecular formula is C17H23N3O4. The molecule has 1 fully saturated rings. The second kappa shape index (κ2) is 7.33. The van der Waals surface area contributed by atoms with Crippen LogP contribution in [0.1, 0.15) is 33.6 Å². The van der Waals surface area contributed by atoms with E-state index in [0.29, 0.717) is 11.4 Å². The van der Waals surface area contributed by atoms with E-state index in [9.17, 15) is 14.4 Å². The van der Waals surface area contributed by atoms with Crippen LogP contribution in [0.3, 0.4) is 0 Å². The Morgan fingerprint density at radius 3 is 2.33 bits per heavy atom. The molecule has 7 nitrogen and oxygen atoms in total. The summed E-state index contributed by atoms with van der Waals surface area (Å²) in [6.07, 6.45) is 1.21. The number of hydrogen-bond donors (Lipinski definition) is 3. The van der Waals surface area contributed by atoms with Crippen LogP contribution in [-0.4, -0.2) is 30.1 Å². The van der Waals surface area contributed by atoms with E-state index in [1.54, 1.807) is 45.0 Å². The van der Waals surface area contributed by atoms with Gasteiger partial charge in [-0.15, -0.1) is 0 Å². The van der Waals surface area contributed by atoms with Crippen molar-refractivity contribution in [3.8, 4) is 0 Å². The quantitative estimate of drug-likeness (QED) is 0.771. The van der Waals surface area contributed by atoms with Gasteiger partial charge in [-0.05, 0) is 51.8 Å². The zero-order chi connectivity index (χ0) is 17.7. The lowest BCUT2D eigenvalue weighted by Crippen LogP contribution is -2.37. The third-order valence-corrected chi connectivity index (χ3v) is 3.15. The van der Waals surface area contributed by atoms with Gasteiger partial charge < -0.3 is 20.7 Å². The van der Waals surface area contributed by atoms with Crippen molar-refractivity contribution < 1.29 is 19.1 Å². The number of alkyl carbamates (subject to hydrolysis) is 1. The molecule has 0 atom stereocenters. The largest absolute Gasteiger partial charge is 0.444 e. The molecular weight excluding hydrogens is 310 g/mol. The number of rotatable bonds is 5. The molecule has 1 saturated carbocycles. The van der Waals surface area contributed by atoms with Crippen molar-refractivity contribution in [2.75, 3.05) is 17.2 Å². The smallest absolute Gasteiger partial charge is 0.408 e. The van der Waals surface area contributed by atoms with E-state index in [-0.39, 0.29) is 24.3 Å². The first kappa shape index (κ1) is 17.8. The molecule has 1 aromatic rings. The van der Waals surface area contributed by atoms with Gasteiger partial charge in [0.05, 0.1) is 0 Å². The van der Waals surface area contributed by atoms with Crippen LogP contribution < -0.4 is 16.0 Å². The lowest BCUT2D eigenvalue weighted by Gasteiger charge is -2.19. The minimum atomic E-state index is -0.650. The van der Waals surface area contributed by atoms with Crippen molar-refractivity contribution in [1.82, 2.24) is 5.32 Å². The summed E-state index contributed by atoms with van der Waals surface area (Å²) in [6, 6.07) is 6.87. The van der Waals surface area contributed by atoms with Crippen LogP contribution in [0.25, 0.3) is 0 Å². The topological polar surface area (TPSA) is 96.5 Å². The Labute approximate surface area is 141 Å². The van der Waals surface area contributed by atoms with E-state index in [1.165, 1.54) is 0 Å². The van der Waals surface area contributed by atoms with E-state index in [2.05, 4.69) is 16.0 Å². The highest BCUT2D eigenvalue weighted by molar-refractivity contribution is 5.96. The summed E-state index contributed by atoms with van der Waals surface area (Å²) >= 11 is 0. The van der Waals surface area contributed by atoms with Gasteiger partial charge in [-0.2, -0.15) is 0 Å². The first-order chi connectivity index (χ1) is 11.2. The fourth-order valence-electron chi connectivity index (χ4n) is 1.94. The van der Waals surface area contributed by atoms with Crippen molar-refractivity contribution >= 4 is 29.3 Å². The van der Waals surface area contributed by atoms with E-state index in [0.717, 1.165) is 12.8 Å². The summed E-state index contributed by atoms with van der Waals surface area (Å²) in [5, 5.41) is 7.86. The molecule has 7 heteroatoms. The molecule has 2 rings (SSSR count). The molecule has 3 N–H and O–H groups in total. The van der Waals surface area contributed by atoms with Gasteiger partial charge in [-0.1, -0.05) is 6.07 Å². The molecule has 0 spiro atoms. The van der Waals surface area contributed by atoms with Gasteiger partial charge >= 0.3 is 6.09 Å². The Balaban J connectivity index is 1.80. The zero-order valence-electron chi connectivity index (χ0n) is 14.1. The number of anilines is 2. The maximum atomic E-state index is 11.9. The third-order valence-electron chi connectivity index (χ3n) is 3.15. The molecule has 1 aliphatic rings. The molecule has 0 aliphatic heterocycles. The van der Waals surface area contributed by atoms with Gasteiger partial charge in [-0.3, -0.25) is 9.59 Å². The van der Waals surface area contributed by atoms with Gasteiger partial charge in [0, 0.05) is 17.3 Å². The van der Waals surface area contributed by atoms with E-state index in [4.69, 9.17) is 4.74 Å². The molecule has 0 radical (unpaired) electrons. The second-order valence-corrected chi connectivity index (χ2v) is 6.75. The van der Waals surface area contributed by atoms with Crippen molar-refractivity contribution in [3.63, 3.8) is 0 Å². The number of amides is 3. The minimum Gasteiger partial charge on any atom is -0.444 e. The number of benzene rings is 1.